The number of fused-ring (bicyclic) bond motifs is 1. The van der Waals surface area contributed by atoms with Crippen LogP contribution in [0.2, 0.25) is 0 Å². The van der Waals surface area contributed by atoms with Gasteiger partial charge in [0, 0.05) is 18.1 Å². The average molecular weight is 328 g/mol. The zero-order chi connectivity index (χ0) is 16.4. The Labute approximate surface area is 135 Å². The molecule has 3 rings (SSSR count). The summed E-state index contributed by atoms with van der Waals surface area (Å²) in [5.41, 5.74) is 1.51. The predicted molar refractivity (Wildman–Crippen MR) is 86.8 cm³/mol. The lowest BCUT2D eigenvalue weighted by Crippen LogP contribution is -2.07. The molecule has 0 aliphatic heterocycles. The molecular formula is C16H12N2O4S. The van der Waals surface area contributed by atoms with Crippen molar-refractivity contribution in [1.29, 1.82) is 0 Å². The van der Waals surface area contributed by atoms with E-state index in [1.807, 2.05) is 24.3 Å². The zero-order valence-corrected chi connectivity index (χ0v) is 12.7. The molecule has 116 valence electrons. The van der Waals surface area contributed by atoms with Gasteiger partial charge in [0.2, 0.25) is 0 Å². The summed E-state index contributed by atoms with van der Waals surface area (Å²) in [4.78, 5) is 26.0. The van der Waals surface area contributed by atoms with Gasteiger partial charge in [0.15, 0.2) is 0 Å². The number of aliphatic carboxylic acids is 1. The number of nitrogens with zero attached hydrogens (tertiary/aromatic N) is 2. The minimum atomic E-state index is -0.937. The number of carboxylic acids is 1. The summed E-state index contributed by atoms with van der Waals surface area (Å²) in [6, 6.07) is 13.6. The van der Waals surface area contributed by atoms with E-state index in [9.17, 15) is 20.0 Å². The van der Waals surface area contributed by atoms with Crippen LogP contribution < -0.4 is 0 Å². The third-order valence-electron chi connectivity index (χ3n) is 3.49. The van der Waals surface area contributed by atoms with Gasteiger partial charge in [-0.15, -0.1) is 11.3 Å². The summed E-state index contributed by atoms with van der Waals surface area (Å²) >= 11 is 1.44. The summed E-state index contributed by atoms with van der Waals surface area (Å²) in [6.45, 7) is 0. The van der Waals surface area contributed by atoms with Crippen LogP contribution in [0.1, 0.15) is 22.9 Å². The molecule has 1 N–H and O–H groups in total. The molecule has 1 heterocycles. The number of para-hydroxylation sites is 1. The summed E-state index contributed by atoms with van der Waals surface area (Å²) in [7, 11) is 0. The molecule has 0 aliphatic rings. The van der Waals surface area contributed by atoms with Crippen LogP contribution in [0, 0.1) is 10.1 Å². The summed E-state index contributed by atoms with van der Waals surface area (Å²) < 4.78 is 0.986. The average Bonchev–Trinajstić information content (AvgIpc) is 2.96. The third-order valence-corrected chi connectivity index (χ3v) is 4.64. The Balaban J connectivity index is 2.03. The first-order chi connectivity index (χ1) is 11.0. The van der Waals surface area contributed by atoms with Gasteiger partial charge in [0.1, 0.15) is 5.01 Å². The monoisotopic (exact) mass is 328 g/mol. The van der Waals surface area contributed by atoms with Crippen molar-refractivity contribution < 1.29 is 14.8 Å². The van der Waals surface area contributed by atoms with Crippen LogP contribution in [0.25, 0.3) is 10.2 Å². The van der Waals surface area contributed by atoms with E-state index in [4.69, 9.17) is 0 Å². The highest BCUT2D eigenvalue weighted by Gasteiger charge is 2.22. The van der Waals surface area contributed by atoms with E-state index >= 15 is 0 Å². The second-order valence-corrected chi connectivity index (χ2v) is 6.08. The van der Waals surface area contributed by atoms with Gasteiger partial charge in [-0.1, -0.05) is 24.3 Å². The standard InChI is InChI=1S/C16H12N2O4S/c19-15(20)9-12(10-5-7-11(8-6-10)18(21)22)16-17-13-3-1-2-4-14(13)23-16/h1-8,12H,9H2,(H,19,20). The Kier molecular flexibility index (Phi) is 4.03. The molecule has 0 fully saturated rings. The fourth-order valence-electron chi connectivity index (χ4n) is 2.39. The topological polar surface area (TPSA) is 93.3 Å². The molecule has 0 spiro atoms. The second kappa shape index (κ2) is 6.13. The van der Waals surface area contributed by atoms with Crippen molar-refractivity contribution in [2.24, 2.45) is 0 Å². The van der Waals surface area contributed by atoms with Crippen molar-refractivity contribution in [3.63, 3.8) is 0 Å². The second-order valence-electron chi connectivity index (χ2n) is 5.02. The van der Waals surface area contributed by atoms with E-state index in [-0.39, 0.29) is 12.1 Å². The van der Waals surface area contributed by atoms with Gasteiger partial charge in [-0.2, -0.15) is 0 Å². The number of rotatable bonds is 5. The summed E-state index contributed by atoms with van der Waals surface area (Å²) in [5.74, 6) is -1.36. The highest BCUT2D eigenvalue weighted by atomic mass is 32.1. The molecule has 3 aromatic rings. The van der Waals surface area contributed by atoms with E-state index < -0.39 is 16.8 Å². The van der Waals surface area contributed by atoms with Crippen LogP contribution in [0.5, 0.6) is 0 Å². The fourth-order valence-corrected chi connectivity index (χ4v) is 3.49. The zero-order valence-electron chi connectivity index (χ0n) is 11.9. The SMILES string of the molecule is O=C(O)CC(c1ccc([N+](=O)[O-])cc1)c1nc2ccccc2s1. The molecule has 0 saturated carbocycles. The molecule has 7 heteroatoms. The lowest BCUT2D eigenvalue weighted by atomic mass is 9.96. The van der Waals surface area contributed by atoms with Crippen LogP contribution in [0.4, 0.5) is 5.69 Å². The van der Waals surface area contributed by atoms with Gasteiger partial charge in [-0.25, -0.2) is 4.98 Å². The van der Waals surface area contributed by atoms with E-state index in [1.165, 1.54) is 23.5 Å². The Hall–Kier alpha value is -2.80. The van der Waals surface area contributed by atoms with Gasteiger partial charge in [0.05, 0.1) is 21.6 Å². The number of carbonyl (C=O) groups is 1. The number of hydrogen-bond acceptors (Lipinski definition) is 5. The highest BCUT2D eigenvalue weighted by molar-refractivity contribution is 7.18. The maximum absolute atomic E-state index is 11.2. The van der Waals surface area contributed by atoms with E-state index in [1.54, 1.807) is 12.1 Å². The van der Waals surface area contributed by atoms with E-state index in [2.05, 4.69) is 4.98 Å². The smallest absolute Gasteiger partial charge is 0.304 e. The van der Waals surface area contributed by atoms with Crippen LogP contribution in [0.3, 0.4) is 0 Å². The Bertz CT molecular complexity index is 840. The molecule has 2 aromatic carbocycles. The molecule has 1 atom stereocenters. The molecule has 0 bridgehead atoms. The van der Waals surface area contributed by atoms with Crippen molar-refractivity contribution in [2.75, 3.05) is 0 Å². The Morgan fingerprint density at radius 1 is 1.22 bits per heavy atom. The number of non-ortho nitro benzene ring substituents is 1. The number of carboxylic acid groups (broad SMARTS) is 1. The van der Waals surface area contributed by atoms with Crippen molar-refractivity contribution in [1.82, 2.24) is 4.98 Å². The number of benzene rings is 2. The number of thiazole rings is 1. The maximum atomic E-state index is 11.2. The number of hydrogen-bond donors (Lipinski definition) is 1. The van der Waals surface area contributed by atoms with Gasteiger partial charge < -0.3 is 5.11 Å². The van der Waals surface area contributed by atoms with Crippen LogP contribution >= 0.6 is 11.3 Å². The van der Waals surface area contributed by atoms with Crippen molar-refractivity contribution in [3.05, 3.63) is 69.2 Å². The molecule has 0 radical (unpaired) electrons. The molecule has 6 nitrogen and oxygen atoms in total. The highest BCUT2D eigenvalue weighted by Crippen LogP contribution is 2.34. The van der Waals surface area contributed by atoms with Crippen LogP contribution in [0.15, 0.2) is 48.5 Å². The molecule has 0 amide bonds. The summed E-state index contributed by atoms with van der Waals surface area (Å²) in [5, 5.41) is 20.6. The molecule has 0 aliphatic carbocycles. The van der Waals surface area contributed by atoms with Gasteiger partial charge >= 0.3 is 5.97 Å². The van der Waals surface area contributed by atoms with Crippen molar-refractivity contribution in [3.8, 4) is 0 Å². The number of aromatic nitrogens is 1. The molecule has 1 aromatic heterocycles. The first kappa shape index (κ1) is 15.1. The van der Waals surface area contributed by atoms with Crippen molar-refractivity contribution in [2.45, 2.75) is 12.3 Å². The Morgan fingerprint density at radius 2 is 1.91 bits per heavy atom. The van der Waals surface area contributed by atoms with Gasteiger partial charge in [-0.3, -0.25) is 14.9 Å². The largest absolute Gasteiger partial charge is 0.481 e. The minimum absolute atomic E-state index is 0.0212. The minimum Gasteiger partial charge on any atom is -0.481 e. The molecular weight excluding hydrogens is 316 g/mol. The first-order valence-electron chi connectivity index (χ1n) is 6.86. The number of nitro benzene ring substituents is 1. The summed E-state index contributed by atoms with van der Waals surface area (Å²) in [6.07, 6.45) is -0.113. The number of nitro groups is 1. The fraction of sp³-hybridized carbons (Fsp3) is 0.125. The maximum Gasteiger partial charge on any atom is 0.304 e. The van der Waals surface area contributed by atoms with Crippen LogP contribution in [-0.4, -0.2) is 21.0 Å². The third kappa shape index (κ3) is 3.19. The molecule has 23 heavy (non-hydrogen) atoms. The predicted octanol–water partition coefficient (Wildman–Crippen LogP) is 3.81. The van der Waals surface area contributed by atoms with Gasteiger partial charge in [-0.05, 0) is 17.7 Å². The van der Waals surface area contributed by atoms with Crippen molar-refractivity contribution >= 4 is 33.2 Å². The van der Waals surface area contributed by atoms with E-state index in [0.29, 0.717) is 10.6 Å². The Morgan fingerprint density at radius 3 is 2.52 bits per heavy atom. The van der Waals surface area contributed by atoms with Crippen LogP contribution in [-0.2, 0) is 4.79 Å². The lowest BCUT2D eigenvalue weighted by molar-refractivity contribution is -0.384. The lowest BCUT2D eigenvalue weighted by Gasteiger charge is -2.12. The van der Waals surface area contributed by atoms with E-state index in [0.717, 1.165) is 10.2 Å². The first-order valence-corrected chi connectivity index (χ1v) is 7.68. The van der Waals surface area contributed by atoms with Gasteiger partial charge in [0.25, 0.3) is 5.69 Å². The molecule has 1 unspecified atom stereocenters. The quantitative estimate of drug-likeness (QED) is 0.568. The molecule has 0 saturated heterocycles. The normalized spacial score (nSPS) is 12.2.